The van der Waals surface area contributed by atoms with Gasteiger partial charge in [-0.3, -0.25) is 9.59 Å². The molecule has 30 heavy (non-hydrogen) atoms. The van der Waals surface area contributed by atoms with Gasteiger partial charge in [-0.1, -0.05) is 13.3 Å². The molecule has 2 N–H and O–H groups in total. The second-order valence-corrected chi connectivity index (χ2v) is 8.02. The van der Waals surface area contributed by atoms with Crippen molar-refractivity contribution in [3.8, 4) is 0 Å². The van der Waals surface area contributed by atoms with Gasteiger partial charge in [0.05, 0.1) is 13.2 Å². The Hall–Kier alpha value is -2.45. The number of carbonyl (C=O) groups excluding carboxylic acids is 2. The van der Waals surface area contributed by atoms with E-state index in [4.69, 9.17) is 14.1 Å². The van der Waals surface area contributed by atoms with E-state index in [1.807, 2.05) is 12.1 Å². The molecule has 1 aliphatic carbocycles. The summed E-state index contributed by atoms with van der Waals surface area (Å²) in [7, 11) is 0. The highest BCUT2D eigenvalue weighted by Gasteiger charge is 2.26. The van der Waals surface area contributed by atoms with E-state index in [2.05, 4.69) is 22.5 Å². The van der Waals surface area contributed by atoms with Crippen LogP contribution in [0.5, 0.6) is 0 Å². The monoisotopic (exact) mass is 414 g/mol. The van der Waals surface area contributed by atoms with Gasteiger partial charge in [-0.15, -0.1) is 0 Å². The third-order valence-electron chi connectivity index (χ3n) is 6.07. The Labute approximate surface area is 176 Å². The number of fused-ring (bicyclic) bond motifs is 1. The van der Waals surface area contributed by atoms with Crippen molar-refractivity contribution in [3.63, 3.8) is 0 Å². The predicted octanol–water partition coefficient (Wildman–Crippen LogP) is 2.97. The molecule has 2 aliphatic rings. The predicted molar refractivity (Wildman–Crippen MR) is 115 cm³/mol. The lowest BCUT2D eigenvalue weighted by Crippen LogP contribution is -2.36. The molecule has 2 aromatic rings. The number of carbonyl (C=O) groups is 2. The van der Waals surface area contributed by atoms with Crippen LogP contribution in [0.2, 0.25) is 0 Å². The summed E-state index contributed by atoms with van der Waals surface area (Å²) in [5, 5.41) is 6.46. The fraction of sp³-hybridized carbons (Fsp3) is 0.591. The Balaban J connectivity index is 1.54. The van der Waals surface area contributed by atoms with Crippen LogP contribution in [-0.2, 0) is 9.53 Å². The standard InChI is InChI=1S/C22H30N4O4/c1-2-23-16-5-3-4-15(6-7-16)22(28)25-21-18(14-27)30-17-8-9-19(24-20(17)21)26-10-12-29-13-11-26/h8-9,14-16,23H,2-7,10-13H2,1H3,(H,25,28)/t15-,16?/m1/s1. The van der Waals surface area contributed by atoms with Crippen LogP contribution in [0.15, 0.2) is 16.5 Å². The second-order valence-electron chi connectivity index (χ2n) is 8.02. The first-order valence-electron chi connectivity index (χ1n) is 10.9. The number of pyridine rings is 1. The van der Waals surface area contributed by atoms with Crippen molar-refractivity contribution in [3.05, 3.63) is 17.9 Å². The van der Waals surface area contributed by atoms with Crippen LogP contribution < -0.4 is 15.5 Å². The van der Waals surface area contributed by atoms with Crippen molar-refractivity contribution in [2.45, 2.75) is 45.1 Å². The molecule has 2 aromatic heterocycles. The van der Waals surface area contributed by atoms with Crippen LogP contribution in [0, 0.1) is 5.92 Å². The first-order valence-corrected chi connectivity index (χ1v) is 10.9. The van der Waals surface area contributed by atoms with Gasteiger partial charge in [-0.25, -0.2) is 4.98 Å². The van der Waals surface area contributed by atoms with Crippen LogP contribution in [0.1, 0.15) is 49.6 Å². The number of nitrogens with zero attached hydrogens (tertiary/aromatic N) is 2. The first-order chi connectivity index (χ1) is 14.7. The first kappa shape index (κ1) is 20.8. The number of morpholine rings is 1. The molecule has 2 fully saturated rings. The molecule has 1 aliphatic heterocycles. The average Bonchev–Trinajstić information content (AvgIpc) is 2.95. The zero-order valence-electron chi connectivity index (χ0n) is 17.5. The molecule has 8 nitrogen and oxygen atoms in total. The maximum atomic E-state index is 13.0. The molecule has 1 unspecified atom stereocenters. The highest BCUT2D eigenvalue weighted by Crippen LogP contribution is 2.32. The van der Waals surface area contributed by atoms with Gasteiger partial charge >= 0.3 is 0 Å². The summed E-state index contributed by atoms with van der Waals surface area (Å²) < 4.78 is 11.1. The molecule has 2 atom stereocenters. The van der Waals surface area contributed by atoms with Crippen molar-refractivity contribution in [2.24, 2.45) is 5.92 Å². The van der Waals surface area contributed by atoms with Crippen LogP contribution in [0.4, 0.5) is 11.5 Å². The van der Waals surface area contributed by atoms with Crippen molar-refractivity contribution < 1.29 is 18.7 Å². The van der Waals surface area contributed by atoms with Gasteiger partial charge in [0.1, 0.15) is 17.0 Å². The van der Waals surface area contributed by atoms with Crippen molar-refractivity contribution in [1.82, 2.24) is 10.3 Å². The van der Waals surface area contributed by atoms with Gasteiger partial charge in [0, 0.05) is 25.0 Å². The molecule has 0 radical (unpaired) electrons. The molecular weight excluding hydrogens is 384 g/mol. The summed E-state index contributed by atoms with van der Waals surface area (Å²) in [5.41, 5.74) is 1.40. The number of aromatic nitrogens is 1. The topological polar surface area (TPSA) is 96.7 Å². The SMILES string of the molecule is CCNC1CCC[C@@H](C(=O)Nc2c(C=O)oc3ccc(N4CCOCC4)nc23)CC1. The van der Waals surface area contributed by atoms with Gasteiger partial charge in [0.2, 0.25) is 5.91 Å². The molecular formula is C22H30N4O4. The van der Waals surface area contributed by atoms with E-state index in [-0.39, 0.29) is 17.6 Å². The Morgan fingerprint density at radius 2 is 2.07 bits per heavy atom. The molecule has 4 rings (SSSR count). The molecule has 0 aromatic carbocycles. The van der Waals surface area contributed by atoms with E-state index < -0.39 is 0 Å². The van der Waals surface area contributed by atoms with E-state index in [0.29, 0.717) is 42.3 Å². The lowest BCUT2D eigenvalue weighted by Gasteiger charge is -2.27. The van der Waals surface area contributed by atoms with Crippen LogP contribution in [0.3, 0.4) is 0 Å². The van der Waals surface area contributed by atoms with E-state index >= 15 is 0 Å². The third kappa shape index (κ3) is 4.49. The summed E-state index contributed by atoms with van der Waals surface area (Å²) in [4.78, 5) is 31.5. The number of hydrogen-bond donors (Lipinski definition) is 2. The number of aldehydes is 1. The van der Waals surface area contributed by atoms with Crippen molar-refractivity contribution in [1.29, 1.82) is 0 Å². The van der Waals surface area contributed by atoms with Crippen LogP contribution in [-0.4, -0.2) is 56.1 Å². The fourth-order valence-electron chi connectivity index (χ4n) is 4.44. The Bertz CT molecular complexity index is 891. The summed E-state index contributed by atoms with van der Waals surface area (Å²) in [6.45, 7) is 5.88. The van der Waals surface area contributed by atoms with E-state index in [9.17, 15) is 9.59 Å². The average molecular weight is 415 g/mol. The summed E-state index contributed by atoms with van der Waals surface area (Å²) in [6.07, 6.45) is 5.42. The third-order valence-corrected chi connectivity index (χ3v) is 6.07. The smallest absolute Gasteiger partial charge is 0.227 e. The molecule has 1 amide bonds. The lowest BCUT2D eigenvalue weighted by atomic mass is 9.99. The maximum Gasteiger partial charge on any atom is 0.227 e. The van der Waals surface area contributed by atoms with Gasteiger partial charge < -0.3 is 24.7 Å². The largest absolute Gasteiger partial charge is 0.449 e. The molecule has 0 spiro atoms. The van der Waals surface area contributed by atoms with E-state index in [1.54, 1.807) is 0 Å². The molecule has 1 saturated carbocycles. The molecule has 162 valence electrons. The van der Waals surface area contributed by atoms with Crippen molar-refractivity contribution >= 4 is 34.8 Å². The van der Waals surface area contributed by atoms with Gasteiger partial charge in [0.25, 0.3) is 0 Å². The Kier molecular flexibility index (Phi) is 6.64. The highest BCUT2D eigenvalue weighted by atomic mass is 16.5. The van der Waals surface area contributed by atoms with Gasteiger partial charge in [-0.05, 0) is 44.4 Å². The number of rotatable bonds is 6. The Morgan fingerprint density at radius 1 is 1.23 bits per heavy atom. The number of hydrogen-bond acceptors (Lipinski definition) is 7. The molecule has 0 bridgehead atoms. The van der Waals surface area contributed by atoms with E-state index in [0.717, 1.165) is 57.6 Å². The van der Waals surface area contributed by atoms with Gasteiger partial charge in [0.15, 0.2) is 17.6 Å². The quantitative estimate of drug-likeness (QED) is 0.554. The number of amides is 1. The van der Waals surface area contributed by atoms with Crippen molar-refractivity contribution in [2.75, 3.05) is 43.1 Å². The van der Waals surface area contributed by atoms with E-state index in [1.165, 1.54) is 0 Å². The summed E-state index contributed by atoms with van der Waals surface area (Å²) in [6, 6.07) is 4.16. The van der Waals surface area contributed by atoms with Gasteiger partial charge in [-0.2, -0.15) is 0 Å². The Morgan fingerprint density at radius 3 is 2.83 bits per heavy atom. The van der Waals surface area contributed by atoms with Crippen LogP contribution >= 0.6 is 0 Å². The zero-order chi connectivity index (χ0) is 20.9. The highest BCUT2D eigenvalue weighted by molar-refractivity contribution is 6.05. The normalized spacial score (nSPS) is 22.6. The zero-order valence-corrected chi connectivity index (χ0v) is 17.5. The number of anilines is 2. The summed E-state index contributed by atoms with van der Waals surface area (Å²) in [5.74, 6) is 0.781. The maximum absolute atomic E-state index is 13.0. The second kappa shape index (κ2) is 9.57. The molecule has 1 saturated heterocycles. The molecule has 8 heteroatoms. The number of ether oxygens (including phenoxy) is 1. The minimum Gasteiger partial charge on any atom is -0.449 e. The number of furan rings is 1. The fourth-order valence-corrected chi connectivity index (χ4v) is 4.44. The minimum atomic E-state index is -0.0689. The van der Waals surface area contributed by atoms with Crippen LogP contribution in [0.25, 0.3) is 11.1 Å². The summed E-state index contributed by atoms with van der Waals surface area (Å²) >= 11 is 0. The minimum absolute atomic E-state index is 0.0588. The molecule has 3 heterocycles. The number of nitrogens with one attached hydrogen (secondary N) is 2. The lowest BCUT2D eigenvalue weighted by molar-refractivity contribution is -0.120.